The van der Waals surface area contributed by atoms with Crippen LogP contribution in [0.2, 0.25) is 0 Å². The van der Waals surface area contributed by atoms with Gasteiger partial charge in [-0.25, -0.2) is 15.0 Å². The van der Waals surface area contributed by atoms with E-state index in [4.69, 9.17) is 15.0 Å². The lowest BCUT2D eigenvalue weighted by atomic mass is 9.93. The van der Waals surface area contributed by atoms with Crippen molar-refractivity contribution in [3.05, 3.63) is 152 Å². The highest BCUT2D eigenvalue weighted by atomic mass is 32.1. The van der Waals surface area contributed by atoms with E-state index in [2.05, 4.69) is 91.0 Å². The van der Waals surface area contributed by atoms with Crippen LogP contribution in [-0.4, -0.2) is 15.0 Å². The van der Waals surface area contributed by atoms with Gasteiger partial charge in [-0.15, -0.1) is 11.3 Å². The third kappa shape index (κ3) is 4.38. The Bertz CT molecular complexity index is 2480. The van der Waals surface area contributed by atoms with Gasteiger partial charge in [0.2, 0.25) is 0 Å². The maximum absolute atomic E-state index is 5.02. The Balaban J connectivity index is 1.21. The topological polar surface area (TPSA) is 38.7 Å². The highest BCUT2D eigenvalue weighted by Gasteiger charge is 2.16. The van der Waals surface area contributed by atoms with Crippen molar-refractivity contribution in [1.82, 2.24) is 15.0 Å². The summed E-state index contributed by atoms with van der Waals surface area (Å²) in [6.45, 7) is 0. The van der Waals surface area contributed by atoms with E-state index in [1.165, 1.54) is 47.5 Å². The van der Waals surface area contributed by atoms with Gasteiger partial charge in [-0.05, 0) is 50.9 Å². The standard InChI is InChI=1S/C41H25N3S/c1-3-11-26(12-4-1)39-42-40(27-13-5-2-6-14-27)44-41(43-39)36-24-23-30(32-15-7-8-16-33(32)36)28-19-21-31-29(25-28)20-22-35-34-17-9-10-18-37(34)45-38(31)35/h1-25H. The van der Waals surface area contributed by atoms with E-state index in [0.717, 1.165) is 22.1 Å². The summed E-state index contributed by atoms with van der Waals surface area (Å²) in [7, 11) is 0. The molecule has 0 saturated carbocycles. The van der Waals surface area contributed by atoms with Gasteiger partial charge in [0.25, 0.3) is 0 Å². The molecule has 9 rings (SSSR count). The number of fused-ring (bicyclic) bond motifs is 6. The highest BCUT2D eigenvalue weighted by Crippen LogP contribution is 2.41. The molecular formula is C41H25N3S. The molecule has 45 heavy (non-hydrogen) atoms. The van der Waals surface area contributed by atoms with Crippen molar-refractivity contribution in [3.8, 4) is 45.3 Å². The van der Waals surface area contributed by atoms with E-state index in [9.17, 15) is 0 Å². The Morgan fingerprint density at radius 1 is 0.356 bits per heavy atom. The third-order valence-electron chi connectivity index (χ3n) is 8.53. The van der Waals surface area contributed by atoms with Gasteiger partial charge in [-0.3, -0.25) is 0 Å². The molecule has 210 valence electrons. The van der Waals surface area contributed by atoms with Crippen LogP contribution in [0.1, 0.15) is 0 Å². The number of aromatic nitrogens is 3. The van der Waals surface area contributed by atoms with E-state index in [-0.39, 0.29) is 0 Å². The van der Waals surface area contributed by atoms with Crippen molar-refractivity contribution < 1.29 is 0 Å². The van der Waals surface area contributed by atoms with Crippen molar-refractivity contribution in [2.45, 2.75) is 0 Å². The predicted molar refractivity (Wildman–Crippen MR) is 189 cm³/mol. The first-order valence-electron chi connectivity index (χ1n) is 15.0. The third-order valence-corrected chi connectivity index (χ3v) is 9.75. The minimum atomic E-state index is 0.662. The quantitative estimate of drug-likeness (QED) is 0.204. The zero-order valence-corrected chi connectivity index (χ0v) is 25.0. The molecule has 0 saturated heterocycles. The lowest BCUT2D eigenvalue weighted by molar-refractivity contribution is 1.08. The molecule has 0 amide bonds. The molecule has 4 heteroatoms. The number of benzene rings is 7. The molecule has 0 fully saturated rings. The maximum atomic E-state index is 5.02. The largest absolute Gasteiger partial charge is 0.208 e. The van der Waals surface area contributed by atoms with Crippen molar-refractivity contribution >= 4 is 53.1 Å². The molecule has 0 unspecified atom stereocenters. The number of nitrogens with zero attached hydrogens (tertiary/aromatic N) is 3. The van der Waals surface area contributed by atoms with Crippen molar-refractivity contribution in [2.75, 3.05) is 0 Å². The molecule has 0 aliphatic heterocycles. The van der Waals surface area contributed by atoms with Crippen LogP contribution in [0.4, 0.5) is 0 Å². The zero-order chi connectivity index (χ0) is 29.7. The van der Waals surface area contributed by atoms with Crippen LogP contribution in [0.3, 0.4) is 0 Å². The van der Waals surface area contributed by atoms with Gasteiger partial charge in [-0.1, -0.05) is 133 Å². The summed E-state index contributed by atoms with van der Waals surface area (Å²) in [4.78, 5) is 14.9. The average Bonchev–Trinajstić information content (AvgIpc) is 3.51. The van der Waals surface area contributed by atoms with Gasteiger partial charge >= 0.3 is 0 Å². The Morgan fingerprint density at radius 2 is 0.911 bits per heavy atom. The lowest BCUT2D eigenvalue weighted by Gasteiger charge is -2.13. The number of thiophene rings is 1. The zero-order valence-electron chi connectivity index (χ0n) is 24.2. The fourth-order valence-electron chi connectivity index (χ4n) is 6.35. The normalized spacial score (nSPS) is 11.6. The molecule has 3 nitrogen and oxygen atoms in total. The summed E-state index contributed by atoms with van der Waals surface area (Å²) >= 11 is 1.87. The van der Waals surface area contributed by atoms with Crippen molar-refractivity contribution in [1.29, 1.82) is 0 Å². The highest BCUT2D eigenvalue weighted by molar-refractivity contribution is 7.26. The lowest BCUT2D eigenvalue weighted by Crippen LogP contribution is -2.00. The van der Waals surface area contributed by atoms with Gasteiger partial charge < -0.3 is 0 Å². The van der Waals surface area contributed by atoms with Crippen LogP contribution in [0.15, 0.2) is 152 Å². The maximum Gasteiger partial charge on any atom is 0.164 e. The van der Waals surface area contributed by atoms with Gasteiger partial charge in [-0.2, -0.15) is 0 Å². The van der Waals surface area contributed by atoms with Crippen LogP contribution in [0.25, 0.3) is 87.0 Å². The summed E-state index contributed by atoms with van der Waals surface area (Å²) in [5, 5.41) is 7.48. The molecule has 0 aliphatic carbocycles. The number of rotatable bonds is 4. The number of hydrogen-bond acceptors (Lipinski definition) is 4. The molecule has 0 spiro atoms. The van der Waals surface area contributed by atoms with E-state index in [0.29, 0.717) is 17.5 Å². The van der Waals surface area contributed by atoms with Crippen molar-refractivity contribution in [2.24, 2.45) is 0 Å². The van der Waals surface area contributed by atoms with Gasteiger partial charge in [0.15, 0.2) is 17.5 Å². The minimum Gasteiger partial charge on any atom is -0.208 e. The van der Waals surface area contributed by atoms with E-state index in [1.54, 1.807) is 0 Å². The summed E-state index contributed by atoms with van der Waals surface area (Å²) in [5.41, 5.74) is 5.29. The summed E-state index contributed by atoms with van der Waals surface area (Å²) in [5.74, 6) is 1.99. The second-order valence-corrected chi connectivity index (χ2v) is 12.3. The molecule has 0 aliphatic rings. The van der Waals surface area contributed by atoms with Crippen LogP contribution in [0, 0.1) is 0 Å². The smallest absolute Gasteiger partial charge is 0.164 e. The SMILES string of the molecule is c1ccc(-c2nc(-c3ccccc3)nc(-c3ccc(-c4ccc5c(ccc6c7ccccc7sc56)c4)c4ccccc34)n2)cc1. The molecule has 2 aromatic heterocycles. The van der Waals surface area contributed by atoms with E-state index >= 15 is 0 Å². The molecule has 9 aromatic rings. The summed E-state index contributed by atoms with van der Waals surface area (Å²) in [6, 6.07) is 53.3. The Kier molecular flexibility index (Phi) is 6.00. The minimum absolute atomic E-state index is 0.662. The second kappa shape index (κ2) is 10.5. The monoisotopic (exact) mass is 591 g/mol. The second-order valence-electron chi connectivity index (χ2n) is 11.2. The van der Waals surface area contributed by atoms with Gasteiger partial charge in [0.05, 0.1) is 0 Å². The Hall–Kier alpha value is -5.71. The Labute approximate surface area is 264 Å². The van der Waals surface area contributed by atoms with Gasteiger partial charge in [0, 0.05) is 36.9 Å². The molecule has 0 radical (unpaired) electrons. The molecular weight excluding hydrogens is 567 g/mol. The van der Waals surface area contributed by atoms with Crippen LogP contribution in [-0.2, 0) is 0 Å². The first kappa shape index (κ1) is 25.8. The van der Waals surface area contributed by atoms with Crippen LogP contribution >= 0.6 is 11.3 Å². The summed E-state index contributed by atoms with van der Waals surface area (Å²) < 4.78 is 2.67. The van der Waals surface area contributed by atoms with Gasteiger partial charge in [0.1, 0.15) is 0 Å². The average molecular weight is 592 g/mol. The van der Waals surface area contributed by atoms with Crippen LogP contribution < -0.4 is 0 Å². The van der Waals surface area contributed by atoms with E-state index in [1.807, 2.05) is 72.0 Å². The molecule has 0 N–H and O–H groups in total. The first-order valence-corrected chi connectivity index (χ1v) is 15.9. The Morgan fingerprint density at radius 3 is 1.62 bits per heavy atom. The summed E-state index contributed by atoms with van der Waals surface area (Å²) in [6.07, 6.45) is 0. The first-order chi connectivity index (χ1) is 22.3. The molecule has 7 aromatic carbocycles. The fourth-order valence-corrected chi connectivity index (χ4v) is 7.59. The predicted octanol–water partition coefficient (Wildman–Crippen LogP) is 11.2. The molecule has 2 heterocycles. The van der Waals surface area contributed by atoms with Crippen molar-refractivity contribution in [3.63, 3.8) is 0 Å². The fraction of sp³-hybridized carbons (Fsp3) is 0. The molecule has 0 bridgehead atoms. The number of hydrogen-bond donors (Lipinski definition) is 0. The van der Waals surface area contributed by atoms with Crippen LogP contribution in [0.5, 0.6) is 0 Å². The van der Waals surface area contributed by atoms with E-state index < -0.39 is 0 Å². The molecule has 0 atom stereocenters.